The minimum atomic E-state index is -0.0139. The van der Waals surface area contributed by atoms with Crippen LogP contribution in [0.4, 0.5) is 10.5 Å². The van der Waals surface area contributed by atoms with Crippen LogP contribution in [0, 0.1) is 0 Å². The summed E-state index contributed by atoms with van der Waals surface area (Å²) in [6.07, 6.45) is 2.18. The van der Waals surface area contributed by atoms with Crippen LogP contribution in [0.5, 0.6) is 0 Å². The number of amides is 2. The molecule has 30 heavy (non-hydrogen) atoms. The van der Waals surface area contributed by atoms with E-state index in [1.807, 2.05) is 47.0 Å². The average molecular weight is 426 g/mol. The lowest BCUT2D eigenvalue weighted by Gasteiger charge is -2.17. The Morgan fingerprint density at radius 2 is 1.87 bits per heavy atom. The number of rotatable bonds is 7. The predicted molar refractivity (Wildman–Crippen MR) is 126 cm³/mol. The Bertz CT molecular complexity index is 836. The fourth-order valence-corrected chi connectivity index (χ4v) is 4.25. The Kier molecular flexibility index (Phi) is 8.44. The van der Waals surface area contributed by atoms with Crippen LogP contribution in [-0.4, -0.2) is 48.8 Å². The summed E-state index contributed by atoms with van der Waals surface area (Å²) in [6.45, 7) is 5.33. The number of hydrogen-bond donors (Lipinski definition) is 3. The van der Waals surface area contributed by atoms with Crippen LogP contribution in [0.3, 0.4) is 0 Å². The number of benzene rings is 2. The van der Waals surface area contributed by atoms with Gasteiger partial charge < -0.3 is 20.9 Å². The van der Waals surface area contributed by atoms with E-state index < -0.39 is 0 Å². The molecule has 2 aromatic rings. The van der Waals surface area contributed by atoms with Crippen molar-refractivity contribution < 1.29 is 4.79 Å². The van der Waals surface area contributed by atoms with E-state index in [1.165, 1.54) is 4.90 Å². The van der Waals surface area contributed by atoms with Crippen molar-refractivity contribution in [3.8, 4) is 0 Å². The molecule has 0 spiro atoms. The summed E-state index contributed by atoms with van der Waals surface area (Å²) >= 11 is 1.84. The molecule has 1 saturated heterocycles. The van der Waals surface area contributed by atoms with Crippen molar-refractivity contribution in [2.75, 3.05) is 32.0 Å². The van der Waals surface area contributed by atoms with E-state index in [1.54, 1.807) is 7.05 Å². The van der Waals surface area contributed by atoms with Gasteiger partial charge in [-0.25, -0.2) is 4.79 Å². The molecule has 6 nitrogen and oxygen atoms in total. The summed E-state index contributed by atoms with van der Waals surface area (Å²) in [6, 6.07) is 18.3. The van der Waals surface area contributed by atoms with Gasteiger partial charge in [-0.15, -0.1) is 11.8 Å². The lowest BCUT2D eigenvalue weighted by Crippen LogP contribution is -2.39. The number of nitrogens with one attached hydrogen (secondary N) is 3. The maximum Gasteiger partial charge on any atom is 0.321 e. The number of carbonyl (C=O) groups is 1. The second-order valence-corrected chi connectivity index (χ2v) is 8.88. The number of hydrogen-bond acceptors (Lipinski definition) is 3. The first-order chi connectivity index (χ1) is 14.6. The fourth-order valence-electron chi connectivity index (χ4n) is 3.30. The molecule has 3 rings (SSSR count). The summed E-state index contributed by atoms with van der Waals surface area (Å²) < 4.78 is 0. The quantitative estimate of drug-likeness (QED) is 0.354. The predicted octanol–water partition coefficient (Wildman–Crippen LogP) is 4.16. The second-order valence-electron chi connectivity index (χ2n) is 7.37. The topological polar surface area (TPSA) is 68.8 Å². The SMILES string of the molecule is CN=C(NCc1cccc(NC(=O)N2CCCC2)c1)NCC(C)Sc1ccccc1. The molecule has 1 unspecified atom stereocenters. The van der Waals surface area contributed by atoms with Crippen molar-refractivity contribution in [3.63, 3.8) is 0 Å². The maximum atomic E-state index is 12.3. The third-order valence-electron chi connectivity index (χ3n) is 4.89. The van der Waals surface area contributed by atoms with Gasteiger partial charge in [0.15, 0.2) is 5.96 Å². The molecule has 1 heterocycles. The van der Waals surface area contributed by atoms with Crippen molar-refractivity contribution in [2.24, 2.45) is 4.99 Å². The van der Waals surface area contributed by atoms with E-state index in [0.29, 0.717) is 11.8 Å². The molecule has 1 fully saturated rings. The van der Waals surface area contributed by atoms with Crippen molar-refractivity contribution in [1.82, 2.24) is 15.5 Å². The van der Waals surface area contributed by atoms with Gasteiger partial charge in [0, 0.05) is 49.1 Å². The van der Waals surface area contributed by atoms with E-state index >= 15 is 0 Å². The molecule has 3 N–H and O–H groups in total. The van der Waals surface area contributed by atoms with Crippen LogP contribution in [0.15, 0.2) is 64.5 Å². The van der Waals surface area contributed by atoms with Gasteiger partial charge in [0.1, 0.15) is 0 Å². The van der Waals surface area contributed by atoms with E-state index in [-0.39, 0.29) is 6.03 Å². The van der Waals surface area contributed by atoms with Crippen molar-refractivity contribution in [3.05, 3.63) is 60.2 Å². The first-order valence-corrected chi connectivity index (χ1v) is 11.3. The van der Waals surface area contributed by atoms with Gasteiger partial charge in [0.25, 0.3) is 0 Å². The molecule has 7 heteroatoms. The highest BCUT2D eigenvalue weighted by atomic mass is 32.2. The van der Waals surface area contributed by atoms with Crippen molar-refractivity contribution in [1.29, 1.82) is 0 Å². The molecule has 0 aliphatic carbocycles. The summed E-state index contributed by atoms with van der Waals surface area (Å²) in [5.41, 5.74) is 1.91. The Balaban J connectivity index is 1.44. The Hall–Kier alpha value is -2.67. The zero-order valence-corrected chi connectivity index (χ0v) is 18.5. The van der Waals surface area contributed by atoms with Crippen LogP contribution in [-0.2, 0) is 6.54 Å². The Morgan fingerprint density at radius 1 is 1.10 bits per heavy atom. The van der Waals surface area contributed by atoms with Crippen LogP contribution in [0.1, 0.15) is 25.3 Å². The molecule has 0 bridgehead atoms. The monoisotopic (exact) mass is 425 g/mol. The van der Waals surface area contributed by atoms with E-state index in [2.05, 4.69) is 52.1 Å². The lowest BCUT2D eigenvalue weighted by molar-refractivity contribution is 0.222. The van der Waals surface area contributed by atoms with Crippen LogP contribution >= 0.6 is 11.8 Å². The molecule has 2 aromatic carbocycles. The molecule has 1 atom stereocenters. The van der Waals surface area contributed by atoms with Crippen LogP contribution < -0.4 is 16.0 Å². The molecule has 2 amide bonds. The largest absolute Gasteiger partial charge is 0.355 e. The van der Waals surface area contributed by atoms with E-state index in [4.69, 9.17) is 0 Å². The van der Waals surface area contributed by atoms with Crippen molar-refractivity contribution in [2.45, 2.75) is 36.5 Å². The number of anilines is 1. The molecule has 160 valence electrons. The van der Waals surface area contributed by atoms with E-state index in [9.17, 15) is 4.79 Å². The number of guanidine groups is 1. The number of likely N-dealkylation sites (tertiary alicyclic amines) is 1. The van der Waals surface area contributed by atoms with Gasteiger partial charge in [0.05, 0.1) is 0 Å². The summed E-state index contributed by atoms with van der Waals surface area (Å²) in [7, 11) is 1.77. The van der Waals surface area contributed by atoms with E-state index in [0.717, 1.165) is 49.7 Å². The van der Waals surface area contributed by atoms with Gasteiger partial charge in [0.2, 0.25) is 0 Å². The summed E-state index contributed by atoms with van der Waals surface area (Å²) in [5, 5.41) is 10.1. The van der Waals surface area contributed by atoms with Gasteiger partial charge in [-0.1, -0.05) is 37.3 Å². The van der Waals surface area contributed by atoms with Crippen molar-refractivity contribution >= 4 is 29.4 Å². The highest BCUT2D eigenvalue weighted by Gasteiger charge is 2.17. The fraction of sp³-hybridized carbons (Fsp3) is 0.391. The van der Waals surface area contributed by atoms with Gasteiger partial charge in [-0.05, 0) is 42.7 Å². The molecule has 0 saturated carbocycles. The van der Waals surface area contributed by atoms with Gasteiger partial charge >= 0.3 is 6.03 Å². The highest BCUT2D eigenvalue weighted by molar-refractivity contribution is 8.00. The minimum Gasteiger partial charge on any atom is -0.355 e. The molecule has 0 aromatic heterocycles. The number of aliphatic imine (C=N–C) groups is 1. The summed E-state index contributed by atoms with van der Waals surface area (Å²) in [5.74, 6) is 0.766. The lowest BCUT2D eigenvalue weighted by atomic mass is 10.2. The Labute approximate surface area is 183 Å². The Morgan fingerprint density at radius 3 is 2.60 bits per heavy atom. The first kappa shape index (κ1) is 22.0. The van der Waals surface area contributed by atoms with Crippen LogP contribution in [0.25, 0.3) is 0 Å². The number of carbonyl (C=O) groups excluding carboxylic acids is 1. The maximum absolute atomic E-state index is 12.3. The van der Waals surface area contributed by atoms with Crippen LogP contribution in [0.2, 0.25) is 0 Å². The van der Waals surface area contributed by atoms with Gasteiger partial charge in [-0.3, -0.25) is 4.99 Å². The average Bonchev–Trinajstić information content (AvgIpc) is 3.30. The molecule has 0 radical (unpaired) electrons. The minimum absolute atomic E-state index is 0.0139. The standard InChI is InChI=1S/C23H31N5OS/c1-18(30-21-11-4-3-5-12-21)16-25-22(24-2)26-17-19-9-8-10-20(15-19)27-23(29)28-13-6-7-14-28/h3-5,8-12,15,18H,6-7,13-14,16-17H2,1-2H3,(H,27,29)(H2,24,25,26). The number of urea groups is 1. The molecular formula is C23H31N5OS. The number of nitrogens with zero attached hydrogens (tertiary/aromatic N) is 2. The molecular weight excluding hydrogens is 394 g/mol. The summed E-state index contributed by atoms with van der Waals surface area (Å²) in [4.78, 5) is 19.7. The van der Waals surface area contributed by atoms with Gasteiger partial charge in [-0.2, -0.15) is 0 Å². The normalized spacial score (nSPS) is 15.0. The third-order valence-corrected chi connectivity index (χ3v) is 6.01. The molecule has 1 aliphatic rings. The highest BCUT2D eigenvalue weighted by Crippen LogP contribution is 2.21. The molecule has 1 aliphatic heterocycles. The first-order valence-electron chi connectivity index (χ1n) is 10.4. The number of thioether (sulfide) groups is 1. The third kappa shape index (κ3) is 6.99. The zero-order valence-electron chi connectivity index (χ0n) is 17.7. The second kappa shape index (κ2) is 11.5. The smallest absolute Gasteiger partial charge is 0.321 e. The zero-order chi connectivity index (χ0) is 21.2.